The van der Waals surface area contributed by atoms with Crippen molar-refractivity contribution >= 4 is 28.0 Å². The van der Waals surface area contributed by atoms with Crippen LogP contribution in [0.15, 0.2) is 48.8 Å². The number of anilines is 1. The van der Waals surface area contributed by atoms with Gasteiger partial charge in [-0.05, 0) is 42.5 Å². The van der Waals surface area contributed by atoms with Crippen LogP contribution in [0.4, 0.5) is 5.69 Å². The Morgan fingerprint density at radius 3 is 1.91 bits per heavy atom. The van der Waals surface area contributed by atoms with E-state index >= 15 is 0 Å². The van der Waals surface area contributed by atoms with E-state index < -0.39 is 10.1 Å². The van der Waals surface area contributed by atoms with Gasteiger partial charge in [0.05, 0.1) is 5.75 Å². The van der Waals surface area contributed by atoms with Crippen LogP contribution in [0.5, 0.6) is 0 Å². The average Bonchev–Trinajstić information content (AvgIpc) is 2.82. The number of hydrogen-bond donors (Lipinski definition) is 1. The van der Waals surface area contributed by atoms with Gasteiger partial charge in [0.2, 0.25) is 0 Å². The molecule has 2 aromatic rings. The molecule has 0 spiro atoms. The van der Waals surface area contributed by atoms with Gasteiger partial charge in [0.25, 0.3) is 10.1 Å². The van der Waals surface area contributed by atoms with Gasteiger partial charge in [-0.2, -0.15) is 8.42 Å². The number of aryl methyl sites for hydroxylation is 1. The van der Waals surface area contributed by atoms with Crippen molar-refractivity contribution < 1.29 is 17.5 Å². The molecule has 0 amide bonds. The van der Waals surface area contributed by atoms with E-state index in [1.807, 2.05) is 0 Å². The first kappa shape index (κ1) is 28.1. The summed E-state index contributed by atoms with van der Waals surface area (Å²) in [7, 11) is -3.92. The van der Waals surface area contributed by atoms with E-state index in [0.717, 1.165) is 30.8 Å². The molecule has 0 bridgehead atoms. The Morgan fingerprint density at radius 2 is 1.32 bits per heavy atom. The number of rotatable bonds is 17. The molecule has 6 heteroatoms. The fourth-order valence-corrected chi connectivity index (χ4v) is 4.47. The predicted molar refractivity (Wildman–Crippen MR) is 144 cm³/mol. The van der Waals surface area contributed by atoms with Crippen LogP contribution >= 0.6 is 0 Å². The molecule has 0 aliphatic rings. The maximum atomic E-state index is 11.1. The molecule has 0 aliphatic carbocycles. The van der Waals surface area contributed by atoms with Gasteiger partial charge < -0.3 is 4.90 Å². The second kappa shape index (κ2) is 15.7. The lowest BCUT2D eigenvalue weighted by Crippen LogP contribution is -2.32. The number of aromatic nitrogens is 1. The normalized spacial score (nSPS) is 11.9. The number of unbranched alkanes of at least 4 members (excludes halogenated alkanes) is 6. The number of hydrogen-bond acceptors (Lipinski definition) is 3. The van der Waals surface area contributed by atoms with Gasteiger partial charge in [-0.25, -0.2) is 4.57 Å². The Labute approximate surface area is 207 Å². The van der Waals surface area contributed by atoms with Crippen molar-refractivity contribution in [3.63, 3.8) is 0 Å². The van der Waals surface area contributed by atoms with Crippen molar-refractivity contribution in [2.24, 2.45) is 0 Å². The molecule has 0 unspecified atom stereocenters. The lowest BCUT2D eigenvalue weighted by atomic mass is 10.1. The van der Waals surface area contributed by atoms with Crippen LogP contribution in [0, 0.1) is 0 Å². The molecule has 2 rings (SSSR count). The minimum absolute atomic E-state index is 0.199. The van der Waals surface area contributed by atoms with E-state index in [9.17, 15) is 8.42 Å². The molecule has 0 aliphatic heterocycles. The first-order valence-corrected chi connectivity index (χ1v) is 14.5. The van der Waals surface area contributed by atoms with Crippen LogP contribution in [-0.2, 0) is 16.7 Å². The quantitative estimate of drug-likeness (QED) is 0.160. The first-order chi connectivity index (χ1) is 16.4. The monoisotopic (exact) mass is 487 g/mol. The first-order valence-electron chi connectivity index (χ1n) is 12.9. The van der Waals surface area contributed by atoms with Gasteiger partial charge in [0.15, 0.2) is 12.4 Å². The average molecular weight is 488 g/mol. The molecule has 0 saturated heterocycles. The number of nitrogens with zero attached hydrogens (tertiary/aromatic N) is 2. The smallest absolute Gasteiger partial charge is 0.264 e. The van der Waals surface area contributed by atoms with Gasteiger partial charge in [0, 0.05) is 37.3 Å². The zero-order valence-corrected chi connectivity index (χ0v) is 21.8. The summed E-state index contributed by atoms with van der Waals surface area (Å²) in [6.45, 7) is 7.01. The maximum Gasteiger partial charge on any atom is 0.264 e. The lowest BCUT2D eigenvalue weighted by Gasteiger charge is -2.25. The largest absolute Gasteiger partial charge is 0.372 e. The summed E-state index contributed by atoms with van der Waals surface area (Å²) in [5.41, 5.74) is 3.40. The zero-order chi connectivity index (χ0) is 24.7. The molecular formula is C28H43N2O3S+. The number of pyridine rings is 1. The molecule has 1 heterocycles. The SMILES string of the molecule is CCCCCCN(CCCS(=O)(=O)O)c1ccc(C=Cc2cc[n+](CCCCCC)cc2)cc1. The van der Waals surface area contributed by atoms with Crippen LogP contribution in [0.25, 0.3) is 12.2 Å². The van der Waals surface area contributed by atoms with E-state index in [1.165, 1.54) is 50.5 Å². The van der Waals surface area contributed by atoms with Crippen molar-refractivity contribution in [1.29, 1.82) is 0 Å². The van der Waals surface area contributed by atoms with Gasteiger partial charge in [-0.15, -0.1) is 0 Å². The molecule has 0 saturated carbocycles. The van der Waals surface area contributed by atoms with Crippen molar-refractivity contribution in [2.45, 2.75) is 78.2 Å². The molecule has 34 heavy (non-hydrogen) atoms. The summed E-state index contributed by atoms with van der Waals surface area (Å²) in [4.78, 5) is 2.23. The standard InChI is InChI=1S/C28H42N2O3S/c1-3-5-7-9-20-29-23-18-27(19-24-29)13-12-26-14-16-28(17-15-26)30(21-10-8-6-4-2)22-11-25-34(31,32)33/h12-19,23-24H,3-11,20-22,25H2,1-2H3/p+1. The fourth-order valence-electron chi connectivity index (χ4n) is 3.98. The van der Waals surface area contributed by atoms with E-state index in [1.54, 1.807) is 0 Å². The third-order valence-electron chi connectivity index (χ3n) is 6.03. The van der Waals surface area contributed by atoms with Crippen molar-refractivity contribution in [3.05, 3.63) is 59.9 Å². The topological polar surface area (TPSA) is 61.5 Å². The van der Waals surface area contributed by atoms with Gasteiger partial charge in [0.1, 0.15) is 6.54 Å². The Kier molecular flexibility index (Phi) is 12.9. The highest BCUT2D eigenvalue weighted by Gasteiger charge is 2.10. The molecular weight excluding hydrogens is 444 g/mol. The van der Waals surface area contributed by atoms with Crippen LogP contribution in [0.1, 0.15) is 82.8 Å². The summed E-state index contributed by atoms with van der Waals surface area (Å²) < 4.78 is 33.5. The molecule has 1 N–H and O–H groups in total. The molecule has 0 radical (unpaired) electrons. The van der Waals surface area contributed by atoms with E-state index in [0.29, 0.717) is 13.0 Å². The zero-order valence-electron chi connectivity index (χ0n) is 21.0. The summed E-state index contributed by atoms with van der Waals surface area (Å²) in [5.74, 6) is -0.199. The van der Waals surface area contributed by atoms with Crippen molar-refractivity contribution in [3.8, 4) is 0 Å². The summed E-state index contributed by atoms with van der Waals surface area (Å²) in [6, 6.07) is 12.7. The second-order valence-corrected chi connectivity index (χ2v) is 10.6. The van der Waals surface area contributed by atoms with E-state index in [2.05, 4.69) is 84.3 Å². The van der Waals surface area contributed by atoms with Crippen molar-refractivity contribution in [1.82, 2.24) is 0 Å². The minimum atomic E-state index is -3.92. The Morgan fingerprint density at radius 1 is 0.765 bits per heavy atom. The maximum absolute atomic E-state index is 11.1. The molecule has 1 aromatic heterocycles. The fraction of sp³-hybridized carbons (Fsp3) is 0.536. The van der Waals surface area contributed by atoms with Crippen molar-refractivity contribution in [2.75, 3.05) is 23.7 Å². The Bertz CT molecular complexity index is 939. The van der Waals surface area contributed by atoms with Gasteiger partial charge >= 0.3 is 0 Å². The van der Waals surface area contributed by atoms with E-state index in [4.69, 9.17) is 4.55 Å². The summed E-state index contributed by atoms with van der Waals surface area (Å²) in [6.07, 6.45) is 18.7. The van der Waals surface area contributed by atoms with E-state index in [-0.39, 0.29) is 5.75 Å². The molecule has 0 atom stereocenters. The van der Waals surface area contributed by atoms with Crippen LogP contribution in [0.2, 0.25) is 0 Å². The molecule has 5 nitrogen and oxygen atoms in total. The third kappa shape index (κ3) is 11.8. The molecule has 1 aromatic carbocycles. The van der Waals surface area contributed by atoms with Crippen LogP contribution < -0.4 is 9.47 Å². The second-order valence-electron chi connectivity index (χ2n) is 9.04. The molecule has 188 valence electrons. The highest BCUT2D eigenvalue weighted by molar-refractivity contribution is 7.85. The highest BCUT2D eigenvalue weighted by Crippen LogP contribution is 2.19. The Hall–Kier alpha value is -2.18. The van der Waals surface area contributed by atoms with Crippen LogP contribution in [-0.4, -0.2) is 31.8 Å². The van der Waals surface area contributed by atoms with Gasteiger partial charge in [-0.1, -0.05) is 70.2 Å². The number of benzene rings is 1. The van der Waals surface area contributed by atoms with Crippen LogP contribution in [0.3, 0.4) is 0 Å². The van der Waals surface area contributed by atoms with Gasteiger partial charge in [-0.3, -0.25) is 4.55 Å². The lowest BCUT2D eigenvalue weighted by molar-refractivity contribution is -0.697. The highest BCUT2D eigenvalue weighted by atomic mass is 32.2. The predicted octanol–water partition coefficient (Wildman–Crippen LogP) is 6.39. The summed E-state index contributed by atoms with van der Waals surface area (Å²) in [5, 5.41) is 0. The minimum Gasteiger partial charge on any atom is -0.372 e. The Balaban J connectivity index is 1.94. The molecule has 0 fully saturated rings. The third-order valence-corrected chi connectivity index (χ3v) is 6.83. The summed E-state index contributed by atoms with van der Waals surface area (Å²) >= 11 is 0.